The predicted octanol–water partition coefficient (Wildman–Crippen LogP) is 2.11. The Morgan fingerprint density at radius 3 is 2.43 bits per heavy atom. The first kappa shape index (κ1) is 24.2. The summed E-state index contributed by atoms with van der Waals surface area (Å²) in [5, 5.41) is 9.64. The average Bonchev–Trinajstić information content (AvgIpc) is 3.03. The lowest BCUT2D eigenvalue weighted by Crippen LogP contribution is -2.40. The highest BCUT2D eigenvalue weighted by atomic mass is 32.1. The second kappa shape index (κ2) is 9.82. The first-order chi connectivity index (χ1) is 14.0. The van der Waals surface area contributed by atoms with Gasteiger partial charge in [-0.2, -0.15) is 13.2 Å². The van der Waals surface area contributed by atoms with Gasteiger partial charge in [0.1, 0.15) is 0 Å². The quantitative estimate of drug-likeness (QED) is 0.514. The number of aliphatic hydroxyl groups is 1. The van der Waals surface area contributed by atoms with Crippen LogP contribution >= 0.6 is 11.3 Å². The third-order valence-corrected chi connectivity index (χ3v) is 6.23. The molecule has 0 atom stereocenters. The highest BCUT2D eigenvalue weighted by Gasteiger charge is 2.33. The van der Waals surface area contributed by atoms with E-state index in [0.717, 1.165) is 21.0 Å². The number of hydrogen-bond donors (Lipinski definition) is 1. The van der Waals surface area contributed by atoms with Crippen LogP contribution in [0.2, 0.25) is 0 Å². The fourth-order valence-electron chi connectivity index (χ4n) is 3.13. The molecule has 3 amide bonds. The summed E-state index contributed by atoms with van der Waals surface area (Å²) in [6.07, 6.45) is -4.98. The summed E-state index contributed by atoms with van der Waals surface area (Å²) in [6.45, 7) is 3.17. The summed E-state index contributed by atoms with van der Waals surface area (Å²) in [5.74, 6) is -1.12. The summed E-state index contributed by atoms with van der Waals surface area (Å²) in [4.78, 5) is 40.4. The van der Waals surface area contributed by atoms with Gasteiger partial charge in [-0.25, -0.2) is 0 Å². The molecule has 7 nitrogen and oxygen atoms in total. The number of carbonyl (C=O) groups is 3. The number of anilines is 1. The first-order valence-corrected chi connectivity index (χ1v) is 10.3. The minimum absolute atomic E-state index is 0.00226. The maximum atomic E-state index is 13.0. The molecule has 2 radical (unpaired) electrons. The SMILES string of the molecule is [B]N(CCC(F)(F)F)c1sc(C(=O)N2CCC(O)CC2)c(C)c1C(=O)N(C=O)CC. The van der Waals surface area contributed by atoms with Gasteiger partial charge in [-0.1, -0.05) is 0 Å². The standard InChI is InChI=1S/C18H23BF3N3O4S/c1-3-23(10-26)15(28)13-11(2)14(16(29)24-7-4-12(27)5-8-24)30-17(13)25(19)9-6-18(20,21)22/h10,12,27H,3-9H2,1-2H3. The number of piperidine rings is 1. The molecule has 0 unspecified atom stereocenters. The molecule has 164 valence electrons. The Kier molecular flexibility index (Phi) is 7.92. The molecule has 0 aliphatic carbocycles. The van der Waals surface area contributed by atoms with Gasteiger partial charge in [0.25, 0.3) is 11.8 Å². The van der Waals surface area contributed by atoms with Crippen molar-refractivity contribution in [1.29, 1.82) is 0 Å². The number of hydrogen-bond acceptors (Lipinski definition) is 6. The maximum Gasteiger partial charge on any atom is 0.390 e. The fourth-order valence-corrected chi connectivity index (χ4v) is 4.34. The largest absolute Gasteiger partial charge is 0.416 e. The molecule has 0 saturated carbocycles. The number of halogens is 3. The van der Waals surface area contributed by atoms with Crippen molar-refractivity contribution in [2.45, 2.75) is 45.4 Å². The number of rotatable bonds is 7. The fraction of sp³-hybridized carbons (Fsp3) is 0.611. The van der Waals surface area contributed by atoms with E-state index in [1.54, 1.807) is 6.92 Å². The third kappa shape index (κ3) is 5.54. The zero-order valence-corrected chi connectivity index (χ0v) is 17.6. The van der Waals surface area contributed by atoms with Crippen molar-refractivity contribution in [2.24, 2.45) is 0 Å². The topological polar surface area (TPSA) is 81.2 Å². The van der Waals surface area contributed by atoms with E-state index in [-0.39, 0.29) is 33.5 Å². The average molecular weight is 445 g/mol. The molecular weight excluding hydrogens is 422 g/mol. The smallest absolute Gasteiger partial charge is 0.390 e. The van der Waals surface area contributed by atoms with E-state index in [1.165, 1.54) is 11.8 Å². The van der Waals surface area contributed by atoms with Crippen LogP contribution in [0, 0.1) is 6.92 Å². The molecule has 1 saturated heterocycles. The van der Waals surface area contributed by atoms with Crippen LogP contribution in [0.5, 0.6) is 0 Å². The monoisotopic (exact) mass is 445 g/mol. The predicted molar refractivity (Wildman–Crippen MR) is 107 cm³/mol. The molecule has 0 aromatic carbocycles. The molecule has 1 aliphatic rings. The van der Waals surface area contributed by atoms with Crippen LogP contribution in [0.4, 0.5) is 18.2 Å². The van der Waals surface area contributed by atoms with Gasteiger partial charge < -0.3 is 14.8 Å². The molecule has 1 aromatic heterocycles. The molecule has 1 aliphatic heterocycles. The molecule has 0 spiro atoms. The number of aliphatic hydroxyl groups excluding tert-OH is 1. The molecule has 2 rings (SSSR count). The minimum atomic E-state index is -4.44. The number of likely N-dealkylation sites (tertiary alicyclic amines) is 1. The van der Waals surface area contributed by atoms with Gasteiger partial charge in [-0.05, 0) is 32.3 Å². The Morgan fingerprint density at radius 2 is 1.93 bits per heavy atom. The van der Waals surface area contributed by atoms with E-state index in [0.29, 0.717) is 32.3 Å². The summed E-state index contributed by atoms with van der Waals surface area (Å²) in [7, 11) is 5.83. The number of thiophene rings is 1. The van der Waals surface area contributed by atoms with Crippen molar-refractivity contribution in [1.82, 2.24) is 9.80 Å². The van der Waals surface area contributed by atoms with Gasteiger partial charge >= 0.3 is 6.18 Å². The van der Waals surface area contributed by atoms with E-state index in [4.69, 9.17) is 7.98 Å². The number of nitrogens with zero attached hydrogens (tertiary/aromatic N) is 3. The summed E-state index contributed by atoms with van der Waals surface area (Å²) >= 11 is 0.831. The van der Waals surface area contributed by atoms with Crippen LogP contribution in [0.3, 0.4) is 0 Å². The van der Waals surface area contributed by atoms with Crippen LogP contribution in [0.25, 0.3) is 0 Å². The Hall–Kier alpha value is -2.08. The molecule has 1 N–H and O–H groups in total. The third-order valence-electron chi connectivity index (χ3n) is 4.91. The lowest BCUT2D eigenvalue weighted by Gasteiger charge is -2.29. The van der Waals surface area contributed by atoms with Crippen molar-refractivity contribution < 1.29 is 32.7 Å². The lowest BCUT2D eigenvalue weighted by atomic mass is 10.1. The van der Waals surface area contributed by atoms with Crippen molar-refractivity contribution in [3.8, 4) is 0 Å². The number of alkyl halides is 3. The van der Waals surface area contributed by atoms with Gasteiger partial charge in [0, 0.05) is 26.2 Å². The molecular formula is C18H23BF3N3O4S. The zero-order valence-electron chi connectivity index (χ0n) is 16.7. The number of amides is 3. The molecule has 0 bridgehead atoms. The molecule has 30 heavy (non-hydrogen) atoms. The Morgan fingerprint density at radius 1 is 1.33 bits per heavy atom. The van der Waals surface area contributed by atoms with E-state index < -0.39 is 31.2 Å². The van der Waals surface area contributed by atoms with E-state index in [1.807, 2.05) is 0 Å². The second-order valence-corrected chi connectivity index (χ2v) is 8.01. The molecule has 12 heteroatoms. The summed E-state index contributed by atoms with van der Waals surface area (Å²) < 4.78 is 37.9. The minimum Gasteiger partial charge on any atom is -0.416 e. The zero-order chi connectivity index (χ0) is 22.6. The first-order valence-electron chi connectivity index (χ1n) is 9.46. The van der Waals surface area contributed by atoms with E-state index >= 15 is 0 Å². The van der Waals surface area contributed by atoms with Crippen LogP contribution in [-0.4, -0.2) is 79.6 Å². The maximum absolute atomic E-state index is 13.0. The van der Waals surface area contributed by atoms with Gasteiger partial charge in [0.05, 0.1) is 28.0 Å². The van der Waals surface area contributed by atoms with Crippen LogP contribution in [-0.2, 0) is 4.79 Å². The summed E-state index contributed by atoms with van der Waals surface area (Å²) in [6, 6.07) is 0. The van der Waals surface area contributed by atoms with Crippen LogP contribution < -0.4 is 4.81 Å². The van der Waals surface area contributed by atoms with E-state index in [9.17, 15) is 32.7 Å². The normalized spacial score (nSPS) is 15.2. The summed E-state index contributed by atoms with van der Waals surface area (Å²) in [5.41, 5.74) is 0.206. The van der Waals surface area contributed by atoms with Crippen LogP contribution in [0.1, 0.15) is 51.8 Å². The highest BCUT2D eigenvalue weighted by Crippen LogP contribution is 2.37. The number of carbonyl (C=O) groups excluding carboxylic acids is 3. The van der Waals surface area contributed by atoms with Gasteiger partial charge in [-0.15, -0.1) is 11.3 Å². The Bertz CT molecular complexity index is 794. The van der Waals surface area contributed by atoms with Gasteiger partial charge in [0.2, 0.25) is 14.4 Å². The Balaban J connectivity index is 2.43. The Labute approximate surface area is 177 Å². The van der Waals surface area contributed by atoms with Crippen molar-refractivity contribution >= 4 is 42.5 Å². The lowest BCUT2D eigenvalue weighted by molar-refractivity contribution is -0.132. The van der Waals surface area contributed by atoms with Gasteiger partial charge in [0.15, 0.2) is 0 Å². The molecule has 2 heterocycles. The van der Waals surface area contributed by atoms with Crippen LogP contribution in [0.15, 0.2) is 0 Å². The van der Waals surface area contributed by atoms with Crippen molar-refractivity contribution in [3.63, 3.8) is 0 Å². The van der Waals surface area contributed by atoms with Crippen molar-refractivity contribution in [2.75, 3.05) is 31.0 Å². The van der Waals surface area contributed by atoms with E-state index in [2.05, 4.69) is 0 Å². The molecule has 1 aromatic rings. The van der Waals surface area contributed by atoms with Gasteiger partial charge in [-0.3, -0.25) is 19.3 Å². The highest BCUT2D eigenvalue weighted by molar-refractivity contribution is 7.19. The second-order valence-electron chi connectivity index (χ2n) is 7.01. The van der Waals surface area contributed by atoms with Crippen molar-refractivity contribution in [3.05, 3.63) is 16.0 Å². The number of imide groups is 1. The molecule has 1 fully saturated rings.